The fraction of sp³-hybridized carbons (Fsp3) is 0.500. The zero-order valence-electron chi connectivity index (χ0n) is 11.1. The van der Waals surface area contributed by atoms with Crippen LogP contribution < -0.4 is 15.5 Å². The highest BCUT2D eigenvalue weighted by Gasteiger charge is 2.26. The summed E-state index contributed by atoms with van der Waals surface area (Å²) in [4.78, 5) is 14.4. The summed E-state index contributed by atoms with van der Waals surface area (Å²) in [5, 5.41) is 6.52. The SMILES string of the molecule is CCN(C(=O)C1CNCCN1)c1ccccc1C. The Hall–Kier alpha value is -1.39. The Morgan fingerprint density at radius 3 is 2.78 bits per heavy atom. The molecule has 1 amide bonds. The van der Waals surface area contributed by atoms with Crippen LogP contribution in [-0.4, -0.2) is 38.1 Å². The van der Waals surface area contributed by atoms with Crippen LogP contribution in [0.25, 0.3) is 0 Å². The van der Waals surface area contributed by atoms with Crippen molar-refractivity contribution in [3.8, 4) is 0 Å². The Balaban J connectivity index is 2.17. The molecule has 4 heteroatoms. The quantitative estimate of drug-likeness (QED) is 0.834. The minimum atomic E-state index is -0.113. The zero-order chi connectivity index (χ0) is 13.0. The van der Waals surface area contributed by atoms with Gasteiger partial charge >= 0.3 is 0 Å². The second kappa shape index (κ2) is 5.98. The highest BCUT2D eigenvalue weighted by Crippen LogP contribution is 2.20. The Morgan fingerprint density at radius 1 is 1.39 bits per heavy atom. The van der Waals surface area contributed by atoms with Crippen LogP contribution >= 0.6 is 0 Å². The summed E-state index contributed by atoms with van der Waals surface area (Å²) in [6.45, 7) is 7.24. The van der Waals surface area contributed by atoms with Crippen LogP contribution in [0.3, 0.4) is 0 Å². The molecule has 1 aromatic carbocycles. The molecule has 0 aromatic heterocycles. The maximum absolute atomic E-state index is 12.5. The molecule has 4 nitrogen and oxygen atoms in total. The number of nitrogens with zero attached hydrogens (tertiary/aromatic N) is 1. The Morgan fingerprint density at radius 2 is 2.17 bits per heavy atom. The second-order valence-corrected chi connectivity index (χ2v) is 4.58. The average molecular weight is 247 g/mol. The number of anilines is 1. The first-order valence-electron chi connectivity index (χ1n) is 6.55. The third-order valence-electron chi connectivity index (χ3n) is 3.33. The summed E-state index contributed by atoms with van der Waals surface area (Å²) in [7, 11) is 0. The van der Waals surface area contributed by atoms with E-state index in [-0.39, 0.29) is 11.9 Å². The third kappa shape index (κ3) is 2.71. The van der Waals surface area contributed by atoms with E-state index in [1.165, 1.54) is 0 Å². The molecule has 1 saturated heterocycles. The fourth-order valence-electron chi connectivity index (χ4n) is 2.33. The molecule has 1 unspecified atom stereocenters. The highest BCUT2D eigenvalue weighted by molar-refractivity contribution is 5.98. The number of carbonyl (C=O) groups excluding carboxylic acids is 1. The number of piperazine rings is 1. The van der Waals surface area contributed by atoms with Crippen molar-refractivity contribution in [3.63, 3.8) is 0 Å². The van der Waals surface area contributed by atoms with Gasteiger partial charge in [0.05, 0.1) is 6.04 Å². The van der Waals surface area contributed by atoms with Gasteiger partial charge in [-0.05, 0) is 25.5 Å². The Labute approximate surface area is 108 Å². The molecule has 1 aliphatic heterocycles. The summed E-state index contributed by atoms with van der Waals surface area (Å²) < 4.78 is 0. The molecule has 2 rings (SSSR count). The van der Waals surface area contributed by atoms with Gasteiger partial charge in [-0.2, -0.15) is 0 Å². The van der Waals surface area contributed by atoms with E-state index in [4.69, 9.17) is 0 Å². The molecular formula is C14H21N3O. The highest BCUT2D eigenvalue weighted by atomic mass is 16.2. The van der Waals surface area contributed by atoms with E-state index in [0.717, 1.165) is 24.3 Å². The standard InChI is InChI=1S/C14H21N3O/c1-3-17(13-7-5-4-6-11(13)2)14(18)12-10-15-8-9-16-12/h4-7,12,15-16H,3,8-10H2,1-2H3. The number of aryl methyl sites for hydroxylation is 1. The smallest absolute Gasteiger partial charge is 0.245 e. The van der Waals surface area contributed by atoms with Crippen molar-refractivity contribution in [3.05, 3.63) is 29.8 Å². The number of para-hydroxylation sites is 1. The normalized spacial score (nSPS) is 19.6. The molecule has 18 heavy (non-hydrogen) atoms. The largest absolute Gasteiger partial charge is 0.313 e. The predicted octanol–water partition coefficient (Wildman–Crippen LogP) is 0.909. The van der Waals surface area contributed by atoms with Crippen LogP contribution in [0.5, 0.6) is 0 Å². The molecule has 1 heterocycles. The van der Waals surface area contributed by atoms with Crippen LogP contribution in [0, 0.1) is 6.92 Å². The van der Waals surface area contributed by atoms with Gasteiger partial charge < -0.3 is 15.5 Å². The van der Waals surface area contributed by atoms with E-state index in [1.54, 1.807) is 0 Å². The number of benzene rings is 1. The minimum Gasteiger partial charge on any atom is -0.313 e. The first kappa shape index (κ1) is 13.1. The van der Waals surface area contributed by atoms with Crippen molar-refractivity contribution in [2.75, 3.05) is 31.1 Å². The number of nitrogens with one attached hydrogen (secondary N) is 2. The number of amides is 1. The maximum Gasteiger partial charge on any atom is 0.245 e. The van der Waals surface area contributed by atoms with Gasteiger partial charge in [0.2, 0.25) is 5.91 Å². The summed E-state index contributed by atoms with van der Waals surface area (Å²) in [6.07, 6.45) is 0. The van der Waals surface area contributed by atoms with Gasteiger partial charge in [0.1, 0.15) is 0 Å². The molecule has 1 aliphatic rings. The van der Waals surface area contributed by atoms with Crippen LogP contribution in [0.4, 0.5) is 5.69 Å². The van der Waals surface area contributed by atoms with Gasteiger partial charge in [-0.3, -0.25) is 4.79 Å². The van der Waals surface area contributed by atoms with E-state index in [1.807, 2.05) is 43.0 Å². The number of hydrogen-bond acceptors (Lipinski definition) is 3. The van der Waals surface area contributed by atoms with E-state index < -0.39 is 0 Å². The summed E-state index contributed by atoms with van der Waals surface area (Å²) >= 11 is 0. The lowest BCUT2D eigenvalue weighted by Crippen LogP contribution is -2.56. The Bertz CT molecular complexity index is 413. The van der Waals surface area contributed by atoms with Crippen molar-refractivity contribution in [2.24, 2.45) is 0 Å². The van der Waals surface area contributed by atoms with Crippen LogP contribution in [-0.2, 0) is 4.79 Å². The average Bonchev–Trinajstić information content (AvgIpc) is 2.42. The lowest BCUT2D eigenvalue weighted by molar-refractivity contribution is -0.120. The second-order valence-electron chi connectivity index (χ2n) is 4.58. The van der Waals surface area contributed by atoms with E-state index in [2.05, 4.69) is 10.6 Å². The van der Waals surface area contributed by atoms with E-state index >= 15 is 0 Å². The number of likely N-dealkylation sites (N-methyl/N-ethyl adjacent to an activating group) is 1. The van der Waals surface area contributed by atoms with Crippen molar-refractivity contribution in [1.82, 2.24) is 10.6 Å². The van der Waals surface area contributed by atoms with Crippen LogP contribution in [0.15, 0.2) is 24.3 Å². The first-order valence-corrected chi connectivity index (χ1v) is 6.55. The maximum atomic E-state index is 12.5. The van der Waals surface area contributed by atoms with Crippen LogP contribution in [0.2, 0.25) is 0 Å². The molecule has 1 aromatic rings. The van der Waals surface area contributed by atoms with Gasteiger partial charge in [0, 0.05) is 31.9 Å². The molecule has 1 fully saturated rings. The van der Waals surface area contributed by atoms with Gasteiger partial charge in [-0.15, -0.1) is 0 Å². The van der Waals surface area contributed by atoms with Crippen molar-refractivity contribution in [2.45, 2.75) is 19.9 Å². The number of rotatable bonds is 3. The van der Waals surface area contributed by atoms with Gasteiger partial charge in [0.15, 0.2) is 0 Å². The molecular weight excluding hydrogens is 226 g/mol. The Kier molecular flexibility index (Phi) is 4.33. The minimum absolute atomic E-state index is 0.113. The molecule has 98 valence electrons. The molecule has 0 bridgehead atoms. The molecule has 0 saturated carbocycles. The van der Waals surface area contributed by atoms with Gasteiger partial charge in [-0.1, -0.05) is 18.2 Å². The topological polar surface area (TPSA) is 44.4 Å². The lowest BCUT2D eigenvalue weighted by atomic mass is 10.1. The molecule has 2 N–H and O–H groups in total. The van der Waals surface area contributed by atoms with Crippen LogP contribution in [0.1, 0.15) is 12.5 Å². The van der Waals surface area contributed by atoms with E-state index in [0.29, 0.717) is 13.1 Å². The van der Waals surface area contributed by atoms with Gasteiger partial charge in [0.25, 0.3) is 0 Å². The monoisotopic (exact) mass is 247 g/mol. The van der Waals surface area contributed by atoms with Crippen molar-refractivity contribution < 1.29 is 4.79 Å². The van der Waals surface area contributed by atoms with E-state index in [9.17, 15) is 4.79 Å². The van der Waals surface area contributed by atoms with Crippen molar-refractivity contribution in [1.29, 1.82) is 0 Å². The lowest BCUT2D eigenvalue weighted by Gasteiger charge is -2.30. The summed E-state index contributed by atoms with van der Waals surface area (Å²) in [5.74, 6) is 0.152. The molecule has 1 atom stereocenters. The zero-order valence-corrected chi connectivity index (χ0v) is 11.1. The summed E-state index contributed by atoms with van der Waals surface area (Å²) in [5.41, 5.74) is 2.15. The van der Waals surface area contributed by atoms with Crippen molar-refractivity contribution >= 4 is 11.6 Å². The number of carbonyl (C=O) groups is 1. The molecule has 0 spiro atoms. The molecule has 0 aliphatic carbocycles. The van der Waals surface area contributed by atoms with Gasteiger partial charge in [-0.25, -0.2) is 0 Å². The fourth-order valence-corrected chi connectivity index (χ4v) is 2.33. The summed E-state index contributed by atoms with van der Waals surface area (Å²) in [6, 6.07) is 7.91. The first-order chi connectivity index (χ1) is 8.74. The predicted molar refractivity (Wildman–Crippen MR) is 73.9 cm³/mol. The third-order valence-corrected chi connectivity index (χ3v) is 3.33. The number of hydrogen-bond donors (Lipinski definition) is 2. The molecule has 0 radical (unpaired) electrons.